The van der Waals surface area contributed by atoms with Gasteiger partial charge in [0.25, 0.3) is 0 Å². The zero-order valence-electron chi connectivity index (χ0n) is 11.7. The Morgan fingerprint density at radius 2 is 2.37 bits per heavy atom. The van der Waals surface area contributed by atoms with Gasteiger partial charge in [0, 0.05) is 37.8 Å². The molecular formula is C15H23NO3. The molecule has 19 heavy (non-hydrogen) atoms. The fourth-order valence-corrected chi connectivity index (χ4v) is 3.36. The molecule has 3 rings (SSSR count). The number of ether oxygens (including phenoxy) is 2. The molecule has 1 saturated carbocycles. The van der Waals surface area contributed by atoms with E-state index in [9.17, 15) is 0 Å². The molecule has 0 spiro atoms. The lowest BCUT2D eigenvalue weighted by molar-refractivity contribution is -0.133. The Balaban J connectivity index is 1.61. The summed E-state index contributed by atoms with van der Waals surface area (Å²) in [5, 5.41) is 3.72. The van der Waals surface area contributed by atoms with Crippen molar-refractivity contribution in [2.75, 3.05) is 13.7 Å². The van der Waals surface area contributed by atoms with Gasteiger partial charge in [-0.2, -0.15) is 0 Å². The first-order chi connectivity index (χ1) is 9.33. The summed E-state index contributed by atoms with van der Waals surface area (Å²) in [5.41, 5.74) is 1.33. The van der Waals surface area contributed by atoms with E-state index >= 15 is 0 Å². The Labute approximate surface area is 114 Å². The molecule has 0 bridgehead atoms. The van der Waals surface area contributed by atoms with E-state index in [0.717, 1.165) is 25.2 Å². The predicted octanol–water partition coefficient (Wildman–Crippen LogP) is 2.44. The van der Waals surface area contributed by atoms with Gasteiger partial charge >= 0.3 is 0 Å². The molecule has 106 valence electrons. The molecule has 1 aromatic rings. The maximum Gasteiger partial charge on any atom is 0.108 e. The number of nitrogens with one attached hydrogen (secondary N) is 1. The van der Waals surface area contributed by atoms with Crippen molar-refractivity contribution in [2.24, 2.45) is 0 Å². The Morgan fingerprint density at radius 1 is 1.47 bits per heavy atom. The molecule has 2 aliphatic carbocycles. The van der Waals surface area contributed by atoms with Crippen molar-refractivity contribution in [1.29, 1.82) is 0 Å². The summed E-state index contributed by atoms with van der Waals surface area (Å²) in [6, 6.07) is 2.91. The minimum Gasteiger partial charge on any atom is -0.469 e. The van der Waals surface area contributed by atoms with Crippen molar-refractivity contribution in [3.8, 4) is 0 Å². The number of methoxy groups -OCH3 is 1. The average molecular weight is 265 g/mol. The molecule has 1 N–H and O–H groups in total. The number of aryl methyl sites for hydroxylation is 1. The van der Waals surface area contributed by atoms with Gasteiger partial charge in [0.1, 0.15) is 5.76 Å². The van der Waals surface area contributed by atoms with Gasteiger partial charge in [-0.25, -0.2) is 0 Å². The van der Waals surface area contributed by atoms with Crippen LogP contribution in [0, 0.1) is 0 Å². The number of hydrogen-bond acceptors (Lipinski definition) is 4. The van der Waals surface area contributed by atoms with Crippen LogP contribution in [-0.2, 0) is 15.9 Å². The summed E-state index contributed by atoms with van der Waals surface area (Å²) in [6.07, 6.45) is 6.71. The standard InChI is InChI=1S/C15H23NO3/c1-3-18-14-9-12(15(14)17-2)16-11-5-4-6-13-10(11)7-8-19-13/h7-8,11-12,14-16H,3-6,9H2,1-2H3. The largest absolute Gasteiger partial charge is 0.469 e. The van der Waals surface area contributed by atoms with Crippen LogP contribution in [0.3, 0.4) is 0 Å². The Hall–Kier alpha value is -0.840. The molecule has 0 saturated heterocycles. The van der Waals surface area contributed by atoms with Crippen molar-refractivity contribution < 1.29 is 13.9 Å². The number of furan rings is 1. The molecule has 0 aromatic carbocycles. The molecule has 4 heteroatoms. The number of rotatable bonds is 5. The first-order valence-corrected chi connectivity index (χ1v) is 7.30. The van der Waals surface area contributed by atoms with E-state index in [0.29, 0.717) is 12.1 Å². The third-order valence-corrected chi connectivity index (χ3v) is 4.37. The van der Waals surface area contributed by atoms with Crippen molar-refractivity contribution in [3.63, 3.8) is 0 Å². The highest BCUT2D eigenvalue weighted by atomic mass is 16.5. The smallest absolute Gasteiger partial charge is 0.108 e. The predicted molar refractivity (Wildman–Crippen MR) is 72.1 cm³/mol. The monoisotopic (exact) mass is 265 g/mol. The maximum atomic E-state index is 5.67. The fraction of sp³-hybridized carbons (Fsp3) is 0.733. The van der Waals surface area contributed by atoms with Gasteiger partial charge in [0.15, 0.2) is 0 Å². The SMILES string of the molecule is CCOC1CC(NC2CCCc3occc32)C1OC. The van der Waals surface area contributed by atoms with Crippen LogP contribution in [0.4, 0.5) is 0 Å². The van der Waals surface area contributed by atoms with Gasteiger partial charge in [0.05, 0.1) is 18.5 Å². The summed E-state index contributed by atoms with van der Waals surface area (Å²) in [5.74, 6) is 1.15. The molecule has 2 aliphatic rings. The van der Waals surface area contributed by atoms with Gasteiger partial charge < -0.3 is 19.2 Å². The molecule has 0 aliphatic heterocycles. The zero-order valence-corrected chi connectivity index (χ0v) is 11.7. The van der Waals surface area contributed by atoms with E-state index in [4.69, 9.17) is 13.9 Å². The lowest BCUT2D eigenvalue weighted by atomic mass is 9.83. The van der Waals surface area contributed by atoms with Gasteiger partial charge in [-0.1, -0.05) is 0 Å². The molecule has 0 amide bonds. The highest BCUT2D eigenvalue weighted by Gasteiger charge is 2.43. The van der Waals surface area contributed by atoms with E-state index in [1.165, 1.54) is 18.4 Å². The molecule has 1 fully saturated rings. The second-order valence-corrected chi connectivity index (χ2v) is 5.45. The van der Waals surface area contributed by atoms with Crippen molar-refractivity contribution in [2.45, 2.75) is 56.9 Å². The van der Waals surface area contributed by atoms with E-state index in [2.05, 4.69) is 11.4 Å². The molecule has 0 radical (unpaired) electrons. The van der Waals surface area contributed by atoms with E-state index < -0.39 is 0 Å². The molecule has 1 aromatic heterocycles. The van der Waals surface area contributed by atoms with Gasteiger partial charge in [-0.15, -0.1) is 0 Å². The Bertz CT molecular complexity index is 417. The fourth-order valence-electron chi connectivity index (χ4n) is 3.36. The number of fused-ring (bicyclic) bond motifs is 1. The van der Waals surface area contributed by atoms with Crippen LogP contribution < -0.4 is 5.32 Å². The lowest BCUT2D eigenvalue weighted by Crippen LogP contribution is -2.60. The number of hydrogen-bond donors (Lipinski definition) is 1. The van der Waals surface area contributed by atoms with Crippen LogP contribution in [-0.4, -0.2) is 32.0 Å². The van der Waals surface area contributed by atoms with Gasteiger partial charge in [0.2, 0.25) is 0 Å². The molecule has 4 atom stereocenters. The first kappa shape index (κ1) is 13.2. The van der Waals surface area contributed by atoms with E-state index in [1.807, 2.05) is 13.2 Å². The second-order valence-electron chi connectivity index (χ2n) is 5.45. The van der Waals surface area contributed by atoms with E-state index in [1.54, 1.807) is 7.11 Å². The van der Waals surface area contributed by atoms with E-state index in [-0.39, 0.29) is 12.2 Å². The minimum atomic E-state index is 0.178. The highest BCUT2D eigenvalue weighted by molar-refractivity contribution is 5.24. The quantitative estimate of drug-likeness (QED) is 0.888. The summed E-state index contributed by atoms with van der Waals surface area (Å²) in [4.78, 5) is 0. The van der Waals surface area contributed by atoms with Crippen LogP contribution in [0.2, 0.25) is 0 Å². The Kier molecular flexibility index (Phi) is 3.91. The minimum absolute atomic E-state index is 0.178. The van der Waals surface area contributed by atoms with Gasteiger partial charge in [-0.05, 0) is 32.3 Å². The Morgan fingerprint density at radius 3 is 3.16 bits per heavy atom. The third kappa shape index (κ3) is 2.45. The van der Waals surface area contributed by atoms with Crippen LogP contribution in [0.25, 0.3) is 0 Å². The van der Waals surface area contributed by atoms with Crippen molar-refractivity contribution in [3.05, 3.63) is 23.7 Å². The molecule has 4 nitrogen and oxygen atoms in total. The highest BCUT2D eigenvalue weighted by Crippen LogP contribution is 2.34. The van der Waals surface area contributed by atoms with Crippen LogP contribution in [0.15, 0.2) is 16.7 Å². The summed E-state index contributed by atoms with van der Waals surface area (Å²) < 4.78 is 16.8. The first-order valence-electron chi connectivity index (χ1n) is 7.30. The van der Waals surface area contributed by atoms with Crippen LogP contribution in [0.5, 0.6) is 0 Å². The van der Waals surface area contributed by atoms with Crippen molar-refractivity contribution in [1.82, 2.24) is 5.32 Å². The summed E-state index contributed by atoms with van der Waals surface area (Å²) in [6.45, 7) is 2.79. The molecule has 1 heterocycles. The third-order valence-electron chi connectivity index (χ3n) is 4.37. The lowest BCUT2D eigenvalue weighted by Gasteiger charge is -2.45. The maximum absolute atomic E-state index is 5.67. The normalized spacial score (nSPS) is 33.8. The zero-order chi connectivity index (χ0) is 13.2. The van der Waals surface area contributed by atoms with Gasteiger partial charge in [-0.3, -0.25) is 0 Å². The summed E-state index contributed by atoms with van der Waals surface area (Å²) in [7, 11) is 1.77. The topological polar surface area (TPSA) is 43.6 Å². The molecule has 4 unspecified atom stereocenters. The second kappa shape index (κ2) is 5.65. The average Bonchev–Trinajstić information content (AvgIpc) is 2.87. The van der Waals surface area contributed by atoms with Crippen molar-refractivity contribution >= 4 is 0 Å². The summed E-state index contributed by atoms with van der Waals surface area (Å²) >= 11 is 0. The van der Waals surface area contributed by atoms with Crippen LogP contribution in [0.1, 0.15) is 43.6 Å². The molecular weight excluding hydrogens is 242 g/mol. The van der Waals surface area contributed by atoms with Crippen LogP contribution >= 0.6 is 0 Å².